The van der Waals surface area contributed by atoms with E-state index in [0.29, 0.717) is 31.8 Å². The van der Waals surface area contributed by atoms with Gasteiger partial charge in [0.2, 0.25) is 5.91 Å². The van der Waals surface area contributed by atoms with Crippen LogP contribution in [0.3, 0.4) is 0 Å². The van der Waals surface area contributed by atoms with Crippen LogP contribution in [0, 0.1) is 0 Å². The van der Waals surface area contributed by atoms with E-state index in [9.17, 15) is 9.59 Å². The number of ether oxygens (including phenoxy) is 1. The Kier molecular flexibility index (Phi) is 8.96. The number of carbonyl (C=O) groups excluding carboxylic acids is 2. The summed E-state index contributed by atoms with van der Waals surface area (Å²) in [4.78, 5) is 28.0. The van der Waals surface area contributed by atoms with Gasteiger partial charge in [0.15, 0.2) is 6.61 Å². The SMILES string of the molecule is Cl.NCCN(CCc1ccccc1)C(=O)COc1cccc(N2CCCC2=O)c1. The lowest BCUT2D eigenvalue weighted by Crippen LogP contribution is -2.39. The highest BCUT2D eigenvalue weighted by Gasteiger charge is 2.22. The molecule has 1 saturated heterocycles. The lowest BCUT2D eigenvalue weighted by molar-refractivity contribution is -0.133. The third-order valence-corrected chi connectivity index (χ3v) is 4.83. The van der Waals surface area contributed by atoms with Gasteiger partial charge in [0.1, 0.15) is 5.75 Å². The molecule has 0 atom stereocenters. The van der Waals surface area contributed by atoms with Gasteiger partial charge in [-0.2, -0.15) is 0 Å². The Labute approximate surface area is 178 Å². The van der Waals surface area contributed by atoms with E-state index in [1.807, 2.05) is 48.5 Å². The van der Waals surface area contributed by atoms with E-state index in [2.05, 4.69) is 0 Å². The van der Waals surface area contributed by atoms with Gasteiger partial charge in [0, 0.05) is 44.4 Å². The second kappa shape index (κ2) is 11.4. The number of amides is 2. The highest BCUT2D eigenvalue weighted by molar-refractivity contribution is 5.95. The van der Waals surface area contributed by atoms with Crippen LogP contribution in [0.15, 0.2) is 54.6 Å². The molecule has 0 radical (unpaired) electrons. The molecular formula is C22H28ClN3O3. The van der Waals surface area contributed by atoms with Crippen LogP contribution in [0.5, 0.6) is 5.75 Å². The van der Waals surface area contributed by atoms with Crippen molar-refractivity contribution >= 4 is 29.9 Å². The van der Waals surface area contributed by atoms with E-state index >= 15 is 0 Å². The number of halogens is 1. The van der Waals surface area contributed by atoms with Gasteiger partial charge >= 0.3 is 0 Å². The summed E-state index contributed by atoms with van der Waals surface area (Å²) in [6.07, 6.45) is 2.23. The van der Waals surface area contributed by atoms with E-state index in [1.54, 1.807) is 15.9 Å². The van der Waals surface area contributed by atoms with Crippen molar-refractivity contribution in [3.05, 3.63) is 60.2 Å². The second-order valence-corrected chi connectivity index (χ2v) is 6.84. The van der Waals surface area contributed by atoms with Crippen LogP contribution in [-0.4, -0.2) is 49.5 Å². The van der Waals surface area contributed by atoms with Crippen LogP contribution in [-0.2, 0) is 16.0 Å². The monoisotopic (exact) mass is 417 g/mol. The Balaban J connectivity index is 0.00000300. The van der Waals surface area contributed by atoms with Gasteiger partial charge in [-0.05, 0) is 30.5 Å². The minimum absolute atomic E-state index is 0. The van der Waals surface area contributed by atoms with Crippen molar-refractivity contribution in [2.45, 2.75) is 19.3 Å². The molecule has 7 heteroatoms. The number of nitrogens with two attached hydrogens (primary N) is 1. The molecule has 0 unspecified atom stereocenters. The summed E-state index contributed by atoms with van der Waals surface area (Å²) in [6.45, 7) is 2.19. The number of hydrogen-bond acceptors (Lipinski definition) is 4. The molecule has 1 aliphatic heterocycles. The van der Waals surface area contributed by atoms with Gasteiger partial charge in [-0.25, -0.2) is 0 Å². The maximum atomic E-state index is 12.6. The van der Waals surface area contributed by atoms with Crippen molar-refractivity contribution in [2.75, 3.05) is 37.7 Å². The van der Waals surface area contributed by atoms with Crippen molar-refractivity contribution < 1.29 is 14.3 Å². The van der Waals surface area contributed by atoms with Crippen molar-refractivity contribution in [3.63, 3.8) is 0 Å². The van der Waals surface area contributed by atoms with E-state index < -0.39 is 0 Å². The molecule has 156 valence electrons. The van der Waals surface area contributed by atoms with Gasteiger partial charge in [-0.1, -0.05) is 36.4 Å². The number of carbonyl (C=O) groups is 2. The van der Waals surface area contributed by atoms with Gasteiger partial charge in [0.05, 0.1) is 0 Å². The van der Waals surface area contributed by atoms with Gasteiger partial charge < -0.3 is 20.3 Å². The third-order valence-electron chi connectivity index (χ3n) is 4.83. The number of benzene rings is 2. The van der Waals surface area contributed by atoms with E-state index in [0.717, 1.165) is 25.1 Å². The lowest BCUT2D eigenvalue weighted by Gasteiger charge is -2.22. The lowest BCUT2D eigenvalue weighted by atomic mass is 10.1. The van der Waals surface area contributed by atoms with Crippen molar-refractivity contribution in [2.24, 2.45) is 5.73 Å². The fraction of sp³-hybridized carbons (Fsp3) is 0.364. The molecule has 1 aliphatic rings. The predicted octanol–water partition coefficient (Wildman–Crippen LogP) is 2.64. The molecule has 1 heterocycles. The zero-order valence-electron chi connectivity index (χ0n) is 16.5. The predicted molar refractivity (Wildman–Crippen MR) is 117 cm³/mol. The van der Waals surface area contributed by atoms with Crippen molar-refractivity contribution in [1.82, 2.24) is 4.90 Å². The quantitative estimate of drug-likeness (QED) is 0.680. The van der Waals surface area contributed by atoms with Crippen LogP contribution in [0.2, 0.25) is 0 Å². The Morgan fingerprint density at radius 2 is 1.90 bits per heavy atom. The van der Waals surface area contributed by atoms with Gasteiger partial charge in [0.25, 0.3) is 5.91 Å². The van der Waals surface area contributed by atoms with Crippen molar-refractivity contribution in [1.29, 1.82) is 0 Å². The summed E-state index contributed by atoms with van der Waals surface area (Å²) in [7, 11) is 0. The Morgan fingerprint density at radius 3 is 2.59 bits per heavy atom. The second-order valence-electron chi connectivity index (χ2n) is 6.84. The largest absolute Gasteiger partial charge is 0.484 e. The zero-order valence-corrected chi connectivity index (χ0v) is 17.3. The molecule has 2 aromatic rings. The average Bonchev–Trinajstić information content (AvgIpc) is 3.16. The highest BCUT2D eigenvalue weighted by Crippen LogP contribution is 2.25. The molecule has 29 heavy (non-hydrogen) atoms. The summed E-state index contributed by atoms with van der Waals surface area (Å²) in [5, 5.41) is 0. The van der Waals surface area contributed by atoms with E-state index in [4.69, 9.17) is 10.5 Å². The molecule has 2 aromatic carbocycles. The number of anilines is 1. The zero-order chi connectivity index (χ0) is 19.8. The smallest absolute Gasteiger partial charge is 0.260 e. The van der Waals surface area contributed by atoms with Crippen molar-refractivity contribution in [3.8, 4) is 5.75 Å². The number of hydrogen-bond donors (Lipinski definition) is 1. The third kappa shape index (κ3) is 6.48. The summed E-state index contributed by atoms with van der Waals surface area (Å²) in [5.41, 5.74) is 7.67. The summed E-state index contributed by atoms with van der Waals surface area (Å²) in [5.74, 6) is 0.619. The molecule has 0 aliphatic carbocycles. The summed E-state index contributed by atoms with van der Waals surface area (Å²) in [6, 6.07) is 17.4. The van der Waals surface area contributed by atoms with E-state index in [-0.39, 0.29) is 30.8 Å². The fourth-order valence-electron chi connectivity index (χ4n) is 3.32. The number of rotatable bonds is 9. The minimum Gasteiger partial charge on any atom is -0.484 e. The molecule has 0 bridgehead atoms. The first-order chi connectivity index (χ1) is 13.7. The molecule has 0 spiro atoms. The molecular weight excluding hydrogens is 390 g/mol. The fourth-order valence-corrected chi connectivity index (χ4v) is 3.32. The molecule has 2 amide bonds. The highest BCUT2D eigenvalue weighted by atomic mass is 35.5. The maximum Gasteiger partial charge on any atom is 0.260 e. The van der Waals surface area contributed by atoms with Crippen LogP contribution in [0.25, 0.3) is 0 Å². The maximum absolute atomic E-state index is 12.6. The van der Waals surface area contributed by atoms with Gasteiger partial charge in [-0.3, -0.25) is 9.59 Å². The summed E-state index contributed by atoms with van der Waals surface area (Å²) >= 11 is 0. The Bertz CT molecular complexity index is 801. The summed E-state index contributed by atoms with van der Waals surface area (Å²) < 4.78 is 5.71. The van der Waals surface area contributed by atoms with Crippen LogP contribution < -0.4 is 15.4 Å². The topological polar surface area (TPSA) is 75.9 Å². The minimum atomic E-state index is -0.0935. The average molecular weight is 418 g/mol. The molecule has 3 rings (SSSR count). The first-order valence-electron chi connectivity index (χ1n) is 9.72. The standard InChI is InChI=1S/C22H27N3O3.ClH/c23-12-15-24(14-11-18-6-2-1-3-7-18)22(27)17-28-20-9-4-8-19(16-20)25-13-5-10-21(25)26;/h1-4,6-9,16H,5,10-15,17,23H2;1H. The van der Waals surface area contributed by atoms with Crippen LogP contribution in [0.4, 0.5) is 5.69 Å². The van der Waals surface area contributed by atoms with Crippen LogP contribution in [0.1, 0.15) is 18.4 Å². The van der Waals surface area contributed by atoms with E-state index in [1.165, 1.54) is 5.56 Å². The first-order valence-corrected chi connectivity index (χ1v) is 9.72. The van der Waals surface area contributed by atoms with Gasteiger partial charge in [-0.15, -0.1) is 12.4 Å². The normalized spacial score (nSPS) is 13.1. The molecule has 2 N–H and O–H groups in total. The molecule has 0 aromatic heterocycles. The molecule has 0 saturated carbocycles. The number of nitrogens with zero attached hydrogens (tertiary/aromatic N) is 2. The molecule has 1 fully saturated rings. The van der Waals surface area contributed by atoms with Crippen LogP contribution >= 0.6 is 12.4 Å². The Hall–Kier alpha value is -2.57. The molecule has 6 nitrogen and oxygen atoms in total. The first kappa shape index (κ1) is 22.7. The Morgan fingerprint density at radius 1 is 1.10 bits per heavy atom.